The van der Waals surface area contributed by atoms with Crippen LogP contribution in [0, 0.1) is 11.8 Å². The number of amides is 4. The highest BCUT2D eigenvalue weighted by Gasteiger charge is 2.47. The molecule has 10 aromatic heterocycles. The summed E-state index contributed by atoms with van der Waals surface area (Å²) in [5, 5.41) is 32.8. The number of carbonyl (C=O) groups excluding carboxylic acids is 5. The van der Waals surface area contributed by atoms with Gasteiger partial charge in [0.05, 0.1) is 161 Å². The van der Waals surface area contributed by atoms with Crippen molar-refractivity contribution in [2.75, 3.05) is 76.4 Å². The van der Waals surface area contributed by atoms with E-state index in [1.165, 1.54) is 13.2 Å². The number of pyridine rings is 4. The maximum absolute atomic E-state index is 14.6. The smallest absolute Gasteiger partial charge is 0.315 e. The van der Waals surface area contributed by atoms with Crippen LogP contribution >= 0.6 is 0 Å². The van der Waals surface area contributed by atoms with Crippen LogP contribution in [-0.4, -0.2) is 199 Å². The zero-order valence-electron chi connectivity index (χ0n) is 72.6. The molecule has 1 unspecified atom stereocenters. The van der Waals surface area contributed by atoms with Crippen molar-refractivity contribution < 1.29 is 70.0 Å². The second-order valence-corrected chi connectivity index (χ2v) is 31.3. The number of aromatic nitrogens is 20. The number of methoxy groups -OCH3 is 3. The molecule has 1 saturated heterocycles. The standard InChI is InChI=1S/C22H22N8O2.C22H20N8O2.C21H19F2N5O4.C21H22N6O4/c1-29-9-14-15(22(29)31)16(17-21(25-14)27-19(26-17)11-7-8-11)24-13-6-4-5-12(18(13)32-3)20-23-10-30(2)28-20;1-28-9-14-18(22(28)32)16(8-17(25-14)26-21(31)12-6-7-12)30-11-23-19-13(4-3-5-15(19)30)20-24-10-29(2)27-20;1-28-10-24-18(27-28)12-4-3-5-13(17(12)30-2)25-14-8-15(32-20(29)11-6-7-11)26-19-16(14)21(22,23)9-31-19;1-27-11-23-20(26-27)13-4-3-5-14(19(13)29-2)24-15-8-17(31-12-6-7-30-10-12)25-16-9-22-21(28)18(15)16/h4-6,10-11H,7-9H2,1-3H3,(H2,24,25,26,27);3-5,8,10-12H,6-7,9H2,1-2H3,(H,25,26,31);3-5,8,10-11H,6-7,9H2,1-2H3,(H,25,26);3-5,8,11-12H,6-7,9-10H2,1-2H3,(H,22,28)(H,24,25)/i;1D3;;. The van der Waals surface area contributed by atoms with Gasteiger partial charge in [-0.2, -0.15) is 34.2 Å². The topological polar surface area (TPSA) is 437 Å². The number of esters is 1. The molecule has 41 heteroatoms. The van der Waals surface area contributed by atoms with E-state index in [1.807, 2.05) is 61.6 Å². The van der Waals surface area contributed by atoms with Crippen LogP contribution in [0.25, 0.3) is 73.4 Å². The van der Waals surface area contributed by atoms with Gasteiger partial charge < -0.3 is 74.5 Å². The Bertz CT molecular complexity index is 6870. The minimum atomic E-state index is -3.27. The van der Waals surface area contributed by atoms with Gasteiger partial charge in [0, 0.05) is 88.3 Å². The number of halogens is 2. The lowest BCUT2D eigenvalue weighted by Crippen LogP contribution is -2.18. The van der Waals surface area contributed by atoms with Crippen LogP contribution < -0.4 is 55.0 Å². The number of para-hydroxylation sites is 4. The van der Waals surface area contributed by atoms with Crippen molar-refractivity contribution in [2.24, 2.45) is 40.0 Å². The molecule has 0 radical (unpaired) electrons. The third-order valence-electron chi connectivity index (χ3n) is 22.1. The van der Waals surface area contributed by atoms with Crippen LogP contribution in [-0.2, 0) is 68.1 Å². The van der Waals surface area contributed by atoms with E-state index in [4.69, 9.17) is 47.2 Å². The summed E-state index contributed by atoms with van der Waals surface area (Å²) in [6.07, 6.45) is 14.1. The molecule has 5 aliphatic heterocycles. The monoisotopic (exact) mass is 1730 g/mol. The number of aromatic amines is 1. The maximum Gasteiger partial charge on any atom is 0.315 e. The summed E-state index contributed by atoms with van der Waals surface area (Å²) < 4.78 is 99.4. The van der Waals surface area contributed by atoms with Crippen LogP contribution in [0.5, 0.6) is 34.9 Å². The van der Waals surface area contributed by atoms with Gasteiger partial charge >= 0.3 is 11.9 Å². The van der Waals surface area contributed by atoms with Crippen LogP contribution in [0.15, 0.2) is 123 Å². The van der Waals surface area contributed by atoms with Gasteiger partial charge in [0.1, 0.15) is 60.5 Å². The second kappa shape index (κ2) is 33.0. The lowest BCUT2D eigenvalue weighted by molar-refractivity contribution is -0.136. The average molecular weight is 1730 g/mol. The molecule has 4 amide bonds. The van der Waals surface area contributed by atoms with Gasteiger partial charge in [-0.05, 0) is 87.1 Å². The molecule has 3 aliphatic carbocycles. The highest BCUT2D eigenvalue weighted by Crippen LogP contribution is 2.50. The van der Waals surface area contributed by atoms with E-state index in [-0.39, 0.29) is 71.0 Å². The van der Waals surface area contributed by atoms with E-state index in [0.29, 0.717) is 163 Å². The Morgan fingerprint density at radius 2 is 1.14 bits per heavy atom. The second-order valence-electron chi connectivity index (χ2n) is 31.3. The molecule has 4 fully saturated rings. The van der Waals surface area contributed by atoms with Crippen LogP contribution in [0.1, 0.15) is 115 Å². The lowest BCUT2D eigenvalue weighted by atomic mass is 10.1. The molecule has 0 spiro atoms. The van der Waals surface area contributed by atoms with Gasteiger partial charge in [-0.25, -0.2) is 44.9 Å². The number of nitrogens with one attached hydrogen (secondary N) is 6. The first-order chi connectivity index (χ1) is 62.7. The van der Waals surface area contributed by atoms with Gasteiger partial charge in [-0.15, -0.1) is 0 Å². The molecule has 22 rings (SSSR count). The van der Waals surface area contributed by atoms with E-state index in [0.717, 1.165) is 78.0 Å². The number of fused-ring (bicyclic) bond motifs is 6. The zero-order valence-corrected chi connectivity index (χ0v) is 69.6. The average Bonchev–Trinajstić information content (AvgIpc) is 1.59. The van der Waals surface area contributed by atoms with E-state index in [9.17, 15) is 32.8 Å². The summed E-state index contributed by atoms with van der Waals surface area (Å²) in [5.41, 5.74) is 11.4. The highest BCUT2D eigenvalue weighted by atomic mass is 19.3. The summed E-state index contributed by atoms with van der Waals surface area (Å²) in [6.45, 7) is -1.63. The van der Waals surface area contributed by atoms with E-state index in [1.54, 1.807) is 133 Å². The van der Waals surface area contributed by atoms with Crippen molar-refractivity contribution in [1.82, 2.24) is 114 Å². The molecule has 0 bridgehead atoms. The first-order valence-electron chi connectivity index (χ1n) is 42.1. The number of nitrogens with zero attached hydrogens (tertiary/aromatic N) is 21. The van der Waals surface area contributed by atoms with Crippen LogP contribution in [0.3, 0.4) is 0 Å². The minimum Gasteiger partial charge on any atom is -0.494 e. The molecule has 4 aromatic carbocycles. The fourth-order valence-corrected chi connectivity index (χ4v) is 15.5. The Morgan fingerprint density at radius 3 is 1.72 bits per heavy atom. The predicted molar refractivity (Wildman–Crippen MR) is 454 cm³/mol. The number of ether oxygens (including phenoxy) is 7. The zero-order chi connectivity index (χ0) is 90.3. The maximum atomic E-state index is 14.6. The molecule has 127 heavy (non-hydrogen) atoms. The van der Waals surface area contributed by atoms with Crippen LogP contribution in [0.2, 0.25) is 0 Å². The first kappa shape index (κ1) is 77.6. The summed E-state index contributed by atoms with van der Waals surface area (Å²) in [4.78, 5) is 113. The summed E-state index contributed by atoms with van der Waals surface area (Å²) in [6, 6.07) is 26.6. The Morgan fingerprint density at radius 1 is 0.575 bits per heavy atom. The number of aryl methyl sites for hydroxylation is 4. The molecule has 3 saturated carbocycles. The molecule has 1 atom stereocenters. The van der Waals surface area contributed by atoms with Crippen molar-refractivity contribution in [3.8, 4) is 86.1 Å². The number of alkyl halides is 2. The minimum absolute atomic E-state index is 0.000488. The van der Waals surface area contributed by atoms with Crippen molar-refractivity contribution >= 4 is 91.7 Å². The summed E-state index contributed by atoms with van der Waals surface area (Å²) in [7, 11) is 13.6. The number of benzene rings is 4. The van der Waals surface area contributed by atoms with Gasteiger partial charge in [-0.3, -0.25) is 47.3 Å². The van der Waals surface area contributed by atoms with Crippen LogP contribution in [0.4, 0.5) is 48.7 Å². The fourth-order valence-electron chi connectivity index (χ4n) is 15.5. The highest BCUT2D eigenvalue weighted by molar-refractivity contribution is 6.10. The number of hydrogen-bond donors (Lipinski definition) is 6. The van der Waals surface area contributed by atoms with E-state index >= 15 is 0 Å². The Kier molecular flexibility index (Phi) is 20.2. The number of imidazole rings is 2. The number of rotatable bonds is 21. The van der Waals surface area contributed by atoms with Crippen molar-refractivity contribution in [1.29, 1.82) is 0 Å². The predicted octanol–water partition coefficient (Wildman–Crippen LogP) is 10.6. The van der Waals surface area contributed by atoms with E-state index < -0.39 is 36.9 Å². The molecule has 15 heterocycles. The quantitative estimate of drug-likeness (QED) is 0.0364. The number of hydrogen-bond acceptors (Lipinski definition) is 29. The summed E-state index contributed by atoms with van der Waals surface area (Å²) in [5.74, 6) is 0.312. The number of H-pyrrole nitrogens is 1. The molecule has 6 N–H and O–H groups in total. The Labute approximate surface area is 725 Å². The molecule has 8 aliphatic rings. The largest absolute Gasteiger partial charge is 0.494 e. The Hall–Kier alpha value is -15.5. The van der Waals surface area contributed by atoms with Gasteiger partial charge in [0.2, 0.25) is 23.5 Å². The fraction of sp³-hybridized carbons (Fsp3) is 0.314. The lowest BCUT2D eigenvalue weighted by Gasteiger charge is -2.18. The van der Waals surface area contributed by atoms with Gasteiger partial charge in [0.15, 0.2) is 52.8 Å². The van der Waals surface area contributed by atoms with E-state index in [2.05, 4.69) is 91.8 Å². The third-order valence-corrected chi connectivity index (χ3v) is 22.1. The molecular weight excluding hydrogens is 1640 g/mol. The SMILES string of the molecule is COc1c(Nc2c3c(nc4nc(C5CC5)[nH]c24)CN(C)C3=O)cccc1-c1ncn(C)n1.COc1c(Nc2cc(OC(=O)C3CC3)nc3c2C(F)(F)CO3)cccc1-c1ncn(C)n1.COc1c(Nc2cc(OC3CCOC3)nc3c2C(=O)NC3)cccc1-c1ncn(C)n1.[2H]C([2H])([2H])N1Cc2nc(NC(=O)C3CC3)cc(-n3cnc4c(-c5ncn(C)n5)cccc43)c2C1=O. The van der Waals surface area contributed by atoms with Gasteiger partial charge in [0.25, 0.3) is 17.7 Å². The first-order valence-corrected chi connectivity index (χ1v) is 40.6. The third kappa shape index (κ3) is 16.1. The summed E-state index contributed by atoms with van der Waals surface area (Å²) >= 11 is 0. The molecular formula is C86H83F2N27O12. The molecule has 39 nitrogen and oxygen atoms in total. The van der Waals surface area contributed by atoms with Crippen molar-refractivity contribution in [2.45, 2.75) is 82.5 Å². The number of carbonyl (C=O) groups is 5. The molecule has 648 valence electrons. The van der Waals surface area contributed by atoms with Gasteiger partial charge in [-0.1, -0.05) is 24.3 Å². The Balaban J connectivity index is 0.000000112. The van der Waals surface area contributed by atoms with Crippen molar-refractivity contribution in [3.63, 3.8) is 0 Å². The molecule has 14 aromatic rings. The normalized spacial score (nSPS) is 16.6. The number of anilines is 7. The van der Waals surface area contributed by atoms with Crippen molar-refractivity contribution in [3.05, 3.63) is 168 Å².